The molecule has 1 aromatic rings. The molecule has 68 valence electrons. The average molecular weight is 177 g/mol. The molecule has 0 unspecified atom stereocenters. The van der Waals surface area contributed by atoms with Crippen molar-refractivity contribution in [2.75, 3.05) is 7.11 Å². The summed E-state index contributed by atoms with van der Waals surface area (Å²) in [6, 6.07) is 3.11. The van der Waals surface area contributed by atoms with Crippen molar-refractivity contribution in [1.82, 2.24) is 4.98 Å². The van der Waals surface area contributed by atoms with Crippen molar-refractivity contribution >= 4 is 19.3 Å². The van der Waals surface area contributed by atoms with E-state index in [1.165, 1.54) is 19.4 Å². The Labute approximate surface area is 79.5 Å². The van der Waals surface area contributed by atoms with Gasteiger partial charge < -0.3 is 4.74 Å². The second-order valence-corrected chi connectivity index (χ2v) is 1.97. The lowest BCUT2D eigenvalue weighted by Crippen LogP contribution is -2.09. The maximum absolute atomic E-state index is 10.8. The van der Waals surface area contributed by atoms with Gasteiger partial charge in [0.15, 0.2) is 0 Å². The molecule has 1 heterocycles. The van der Waals surface area contributed by atoms with E-state index < -0.39 is 5.97 Å². The molecule has 4 heteroatoms. The topological polar surface area (TPSA) is 39.2 Å². The summed E-state index contributed by atoms with van der Waals surface area (Å²) in [7, 11) is 6.66. The molecule has 2 radical (unpaired) electrons. The van der Waals surface area contributed by atoms with E-state index in [4.69, 9.17) is 7.85 Å². The van der Waals surface area contributed by atoms with Gasteiger partial charge in [-0.15, -0.1) is 0 Å². The fourth-order valence-electron chi connectivity index (χ4n) is 0.631. The molecule has 0 aliphatic carbocycles. The Hall–Kier alpha value is -1.32. The Kier molecular flexibility index (Phi) is 5.60. The summed E-state index contributed by atoms with van der Waals surface area (Å²) in [5.74, 6) is -0.454. The molecular weight excluding hydrogens is 165 g/mol. The van der Waals surface area contributed by atoms with Crippen LogP contribution in [0.3, 0.4) is 0 Å². The molecule has 0 aliphatic rings. The normalized spacial score (nSPS) is 8.23. The predicted molar refractivity (Wildman–Crippen MR) is 52.3 cm³/mol. The minimum Gasteiger partial charge on any atom is -0.464 e. The standard InChI is InChI=1S/C7H6BNO2.C2H6/c1-11-7(10)6-3-2-5(8)4-9-6;1-2/h2-4H,1H3;1-2H3. The lowest BCUT2D eigenvalue weighted by Gasteiger charge is -1.97. The first kappa shape index (κ1) is 11.7. The molecule has 0 fully saturated rings. The molecule has 1 rings (SSSR count). The zero-order valence-corrected chi connectivity index (χ0v) is 8.07. The van der Waals surface area contributed by atoms with Crippen LogP contribution in [0.2, 0.25) is 0 Å². The molecule has 0 N–H and O–H groups in total. The van der Waals surface area contributed by atoms with E-state index in [2.05, 4.69) is 9.72 Å². The van der Waals surface area contributed by atoms with Crippen LogP contribution in [0.25, 0.3) is 0 Å². The van der Waals surface area contributed by atoms with Crippen molar-refractivity contribution in [1.29, 1.82) is 0 Å². The number of nitrogens with zero attached hydrogens (tertiary/aromatic N) is 1. The van der Waals surface area contributed by atoms with E-state index in [1.807, 2.05) is 13.8 Å². The molecule has 0 saturated carbocycles. The predicted octanol–water partition coefficient (Wildman–Crippen LogP) is 0.688. The van der Waals surface area contributed by atoms with Gasteiger partial charge in [-0.05, 0) is 6.07 Å². The van der Waals surface area contributed by atoms with Gasteiger partial charge in [0.25, 0.3) is 0 Å². The quantitative estimate of drug-likeness (QED) is 0.467. The third-order valence-corrected chi connectivity index (χ3v) is 1.18. The second kappa shape index (κ2) is 6.23. The number of carbonyl (C=O) groups is 1. The van der Waals surface area contributed by atoms with Crippen LogP contribution in [0.4, 0.5) is 0 Å². The van der Waals surface area contributed by atoms with Crippen LogP contribution in [0, 0.1) is 0 Å². The maximum Gasteiger partial charge on any atom is 0.356 e. The first-order valence-corrected chi connectivity index (χ1v) is 4.04. The zero-order valence-electron chi connectivity index (χ0n) is 8.07. The fourth-order valence-corrected chi connectivity index (χ4v) is 0.631. The summed E-state index contributed by atoms with van der Waals surface area (Å²) in [6.07, 6.45) is 1.41. The Bertz CT molecular complexity index is 259. The fraction of sp³-hybridized carbons (Fsp3) is 0.333. The highest BCUT2D eigenvalue weighted by Crippen LogP contribution is 1.92. The number of hydrogen-bond donors (Lipinski definition) is 0. The first-order chi connectivity index (χ1) is 6.24. The van der Waals surface area contributed by atoms with Crippen molar-refractivity contribution < 1.29 is 9.53 Å². The molecule has 0 saturated heterocycles. The van der Waals surface area contributed by atoms with E-state index in [0.29, 0.717) is 5.46 Å². The average Bonchev–Trinajstić information content (AvgIpc) is 2.21. The van der Waals surface area contributed by atoms with E-state index >= 15 is 0 Å². The molecular formula is C9H12BNO2. The smallest absolute Gasteiger partial charge is 0.356 e. The third kappa shape index (κ3) is 3.74. The number of aromatic nitrogens is 1. The van der Waals surface area contributed by atoms with Gasteiger partial charge in [-0.1, -0.05) is 25.4 Å². The minimum atomic E-state index is -0.454. The number of carbonyl (C=O) groups excluding carboxylic acids is 1. The lowest BCUT2D eigenvalue weighted by atomic mass is 9.99. The first-order valence-electron chi connectivity index (χ1n) is 4.04. The Balaban J connectivity index is 0.000000671. The molecule has 0 spiro atoms. The highest BCUT2D eigenvalue weighted by atomic mass is 16.5. The highest BCUT2D eigenvalue weighted by Gasteiger charge is 2.03. The van der Waals surface area contributed by atoms with E-state index in [0.717, 1.165) is 0 Å². The SMILES string of the molecule is CC.[B]c1ccc(C(=O)OC)nc1. The van der Waals surface area contributed by atoms with Crippen molar-refractivity contribution in [2.45, 2.75) is 13.8 Å². The van der Waals surface area contributed by atoms with Gasteiger partial charge in [0, 0.05) is 6.20 Å². The summed E-state index contributed by atoms with van der Waals surface area (Å²) < 4.78 is 4.43. The molecule has 0 amide bonds. The number of esters is 1. The van der Waals surface area contributed by atoms with Gasteiger partial charge >= 0.3 is 5.97 Å². The molecule has 0 bridgehead atoms. The Morgan fingerprint density at radius 3 is 2.46 bits per heavy atom. The molecule has 1 aromatic heterocycles. The van der Waals surface area contributed by atoms with Crippen LogP contribution in [0.15, 0.2) is 18.3 Å². The summed E-state index contributed by atoms with van der Waals surface area (Å²) in [4.78, 5) is 14.5. The molecule has 3 nitrogen and oxygen atoms in total. The Morgan fingerprint density at radius 2 is 2.08 bits per heavy atom. The van der Waals surface area contributed by atoms with Crippen molar-refractivity contribution in [2.24, 2.45) is 0 Å². The molecule has 0 atom stereocenters. The van der Waals surface area contributed by atoms with Crippen molar-refractivity contribution in [3.05, 3.63) is 24.0 Å². The van der Waals surface area contributed by atoms with Gasteiger partial charge in [-0.2, -0.15) is 0 Å². The van der Waals surface area contributed by atoms with Crippen LogP contribution in [0.5, 0.6) is 0 Å². The Morgan fingerprint density at radius 1 is 1.46 bits per heavy atom. The van der Waals surface area contributed by atoms with E-state index in [1.54, 1.807) is 6.07 Å². The summed E-state index contributed by atoms with van der Waals surface area (Å²) in [5.41, 5.74) is 0.791. The van der Waals surface area contributed by atoms with Crippen LogP contribution in [0.1, 0.15) is 24.3 Å². The van der Waals surface area contributed by atoms with Crippen molar-refractivity contribution in [3.63, 3.8) is 0 Å². The largest absolute Gasteiger partial charge is 0.464 e. The number of hydrogen-bond acceptors (Lipinski definition) is 3. The monoisotopic (exact) mass is 177 g/mol. The highest BCUT2D eigenvalue weighted by molar-refractivity contribution is 6.32. The van der Waals surface area contributed by atoms with Gasteiger partial charge in [0.1, 0.15) is 13.5 Å². The zero-order chi connectivity index (χ0) is 10.3. The third-order valence-electron chi connectivity index (χ3n) is 1.18. The number of pyridine rings is 1. The van der Waals surface area contributed by atoms with Crippen LogP contribution < -0.4 is 5.46 Å². The molecule has 0 aliphatic heterocycles. The summed E-state index contributed by atoms with van der Waals surface area (Å²) >= 11 is 0. The number of ether oxygens (including phenoxy) is 1. The van der Waals surface area contributed by atoms with Gasteiger partial charge in [0.2, 0.25) is 0 Å². The maximum atomic E-state index is 10.8. The van der Waals surface area contributed by atoms with Crippen LogP contribution in [-0.2, 0) is 4.74 Å². The number of methoxy groups -OCH3 is 1. The van der Waals surface area contributed by atoms with E-state index in [9.17, 15) is 4.79 Å². The second-order valence-electron chi connectivity index (χ2n) is 1.97. The van der Waals surface area contributed by atoms with Gasteiger partial charge in [-0.25, -0.2) is 9.78 Å². The lowest BCUT2D eigenvalue weighted by molar-refractivity contribution is 0.0594. The van der Waals surface area contributed by atoms with E-state index in [-0.39, 0.29) is 5.69 Å². The molecule has 0 aromatic carbocycles. The number of rotatable bonds is 1. The van der Waals surface area contributed by atoms with Crippen LogP contribution in [-0.4, -0.2) is 25.9 Å². The van der Waals surface area contributed by atoms with Gasteiger partial charge in [-0.3, -0.25) is 0 Å². The summed E-state index contributed by atoms with van der Waals surface area (Å²) in [5, 5.41) is 0. The van der Waals surface area contributed by atoms with Crippen molar-refractivity contribution in [3.8, 4) is 0 Å². The van der Waals surface area contributed by atoms with Crippen LogP contribution >= 0.6 is 0 Å². The molecule has 13 heavy (non-hydrogen) atoms. The minimum absolute atomic E-state index is 0.265. The summed E-state index contributed by atoms with van der Waals surface area (Å²) in [6.45, 7) is 4.00. The van der Waals surface area contributed by atoms with Gasteiger partial charge in [0.05, 0.1) is 7.11 Å².